The second-order valence-corrected chi connectivity index (χ2v) is 10.3. The maximum atomic E-state index is 13.0. The van der Waals surface area contributed by atoms with Crippen molar-refractivity contribution < 1.29 is 9.59 Å². The number of aromatic nitrogens is 2. The van der Waals surface area contributed by atoms with Gasteiger partial charge in [-0.1, -0.05) is 33.1 Å². The molecule has 1 aromatic heterocycles. The van der Waals surface area contributed by atoms with Gasteiger partial charge in [-0.3, -0.25) is 19.2 Å². The Hall–Kier alpha value is -1.89. The fourth-order valence-electron chi connectivity index (χ4n) is 5.54. The van der Waals surface area contributed by atoms with Gasteiger partial charge in [0.25, 0.3) is 0 Å². The van der Waals surface area contributed by atoms with E-state index in [-0.39, 0.29) is 17.4 Å². The van der Waals surface area contributed by atoms with Crippen molar-refractivity contribution in [2.75, 3.05) is 32.7 Å². The summed E-state index contributed by atoms with van der Waals surface area (Å²) < 4.78 is 1.92. The molecule has 0 bridgehead atoms. The number of rotatable bonds is 5. The first-order chi connectivity index (χ1) is 15.3. The molecule has 32 heavy (non-hydrogen) atoms. The van der Waals surface area contributed by atoms with Crippen LogP contribution >= 0.6 is 0 Å². The van der Waals surface area contributed by atoms with Crippen LogP contribution in [0.2, 0.25) is 0 Å². The predicted molar refractivity (Wildman–Crippen MR) is 127 cm³/mol. The summed E-state index contributed by atoms with van der Waals surface area (Å²) in [6, 6.07) is 2.04. The zero-order valence-electron chi connectivity index (χ0n) is 20.7. The molecule has 1 aromatic rings. The largest absolute Gasteiger partial charge is 0.354 e. The third-order valence-electron chi connectivity index (χ3n) is 7.08. The van der Waals surface area contributed by atoms with Crippen molar-refractivity contribution in [3.05, 3.63) is 17.5 Å². The highest BCUT2D eigenvalue weighted by molar-refractivity contribution is 5.78. The third-order valence-corrected chi connectivity index (χ3v) is 7.08. The minimum atomic E-state index is -0.0126. The van der Waals surface area contributed by atoms with Gasteiger partial charge < -0.3 is 10.2 Å². The Morgan fingerprint density at radius 1 is 1.12 bits per heavy atom. The van der Waals surface area contributed by atoms with Crippen LogP contribution in [-0.2, 0) is 16.1 Å². The molecule has 2 aliphatic rings. The number of carbonyl (C=O) groups excluding carboxylic acids is 2. The lowest BCUT2D eigenvalue weighted by Crippen LogP contribution is -2.54. The van der Waals surface area contributed by atoms with Crippen LogP contribution in [-0.4, -0.2) is 69.7 Å². The van der Waals surface area contributed by atoms with Crippen LogP contribution < -0.4 is 5.32 Å². The highest BCUT2D eigenvalue weighted by atomic mass is 16.2. The molecule has 0 radical (unpaired) electrons. The van der Waals surface area contributed by atoms with Crippen LogP contribution in [0.15, 0.2) is 6.07 Å². The number of amides is 2. The van der Waals surface area contributed by atoms with E-state index >= 15 is 0 Å². The predicted octanol–water partition coefficient (Wildman–Crippen LogP) is 3.29. The molecule has 1 aliphatic carbocycles. The quantitative estimate of drug-likeness (QED) is 0.755. The first-order valence-electron chi connectivity index (χ1n) is 12.6. The number of hydrogen-bond acceptors (Lipinski definition) is 4. The van der Waals surface area contributed by atoms with Gasteiger partial charge in [0.1, 0.15) is 0 Å². The van der Waals surface area contributed by atoms with Gasteiger partial charge in [-0.2, -0.15) is 5.10 Å². The smallest absolute Gasteiger partial charge is 0.224 e. The molecule has 0 atom stereocenters. The van der Waals surface area contributed by atoms with E-state index in [1.165, 1.54) is 19.3 Å². The van der Waals surface area contributed by atoms with Gasteiger partial charge in [-0.05, 0) is 45.1 Å². The summed E-state index contributed by atoms with van der Waals surface area (Å²) in [4.78, 5) is 30.5. The van der Waals surface area contributed by atoms with Crippen molar-refractivity contribution in [2.45, 2.75) is 91.1 Å². The first-order valence-corrected chi connectivity index (χ1v) is 12.6. The molecule has 1 spiro atoms. The van der Waals surface area contributed by atoms with E-state index < -0.39 is 0 Å². The highest BCUT2D eigenvalue weighted by Gasteiger charge is 2.40. The Bertz CT molecular complexity index is 766. The van der Waals surface area contributed by atoms with E-state index in [4.69, 9.17) is 0 Å². The van der Waals surface area contributed by atoms with E-state index in [2.05, 4.69) is 29.2 Å². The maximum Gasteiger partial charge on any atom is 0.224 e. The lowest BCUT2D eigenvalue weighted by atomic mass is 9.77. The molecule has 7 nitrogen and oxygen atoms in total. The number of carbonyl (C=O) groups is 2. The number of hydrogen-bond donors (Lipinski definition) is 1. The fraction of sp³-hybridized carbons (Fsp3) is 0.800. The van der Waals surface area contributed by atoms with E-state index in [0.717, 1.165) is 50.3 Å². The van der Waals surface area contributed by atoms with Crippen molar-refractivity contribution >= 4 is 11.8 Å². The summed E-state index contributed by atoms with van der Waals surface area (Å²) >= 11 is 0. The Kier molecular flexibility index (Phi) is 8.74. The Morgan fingerprint density at radius 3 is 2.53 bits per heavy atom. The number of nitrogens with one attached hydrogen (secondary N) is 1. The summed E-state index contributed by atoms with van der Waals surface area (Å²) in [5.41, 5.74) is 2.05. The Labute approximate surface area is 193 Å². The summed E-state index contributed by atoms with van der Waals surface area (Å²) in [5.74, 6) is 0.840. The third kappa shape index (κ3) is 6.56. The van der Waals surface area contributed by atoms with Crippen LogP contribution in [0.1, 0.15) is 76.6 Å². The van der Waals surface area contributed by atoms with Crippen molar-refractivity contribution in [2.24, 2.45) is 5.92 Å². The highest BCUT2D eigenvalue weighted by Crippen LogP contribution is 2.37. The van der Waals surface area contributed by atoms with Crippen molar-refractivity contribution in [1.29, 1.82) is 0 Å². The molecule has 1 saturated carbocycles. The lowest BCUT2D eigenvalue weighted by Gasteiger charge is -2.47. The number of nitrogens with zero attached hydrogens (tertiary/aromatic N) is 4. The standard InChI is InChI=1S/C25H43N5O2/c1-20(2)19-29-14-8-13-28(24(32)9-15-30-22(4)17-21(3)27-30)16-12-26-23(31)18-25(29)10-6-5-7-11-25/h17,20H,5-16,18-19H2,1-4H3,(H,26,31). The topological polar surface area (TPSA) is 70.5 Å². The zero-order valence-corrected chi connectivity index (χ0v) is 20.7. The molecule has 2 amide bonds. The molecule has 1 aliphatic heterocycles. The minimum absolute atomic E-state index is 0.0126. The van der Waals surface area contributed by atoms with Gasteiger partial charge >= 0.3 is 0 Å². The monoisotopic (exact) mass is 445 g/mol. The van der Waals surface area contributed by atoms with Crippen molar-refractivity contribution in [3.63, 3.8) is 0 Å². The molecule has 0 aromatic carbocycles. The van der Waals surface area contributed by atoms with Crippen molar-refractivity contribution in [1.82, 2.24) is 24.9 Å². The molecule has 2 fully saturated rings. The van der Waals surface area contributed by atoms with Gasteiger partial charge in [-0.15, -0.1) is 0 Å². The van der Waals surface area contributed by atoms with Gasteiger partial charge in [0.15, 0.2) is 0 Å². The first kappa shape index (κ1) is 24.7. The van der Waals surface area contributed by atoms with Crippen LogP contribution in [0, 0.1) is 19.8 Å². The minimum Gasteiger partial charge on any atom is -0.354 e. The molecular weight excluding hydrogens is 402 g/mol. The molecule has 0 unspecified atom stereocenters. The zero-order chi connectivity index (χ0) is 23.1. The van der Waals surface area contributed by atoms with E-state index in [9.17, 15) is 9.59 Å². The van der Waals surface area contributed by atoms with Crippen molar-refractivity contribution in [3.8, 4) is 0 Å². The van der Waals surface area contributed by atoms with Gasteiger partial charge in [0.2, 0.25) is 11.8 Å². The Balaban J connectivity index is 1.67. The van der Waals surface area contributed by atoms with E-state index in [1.807, 2.05) is 29.5 Å². The summed E-state index contributed by atoms with van der Waals surface area (Å²) in [6.45, 7) is 12.9. The fourth-order valence-corrected chi connectivity index (χ4v) is 5.54. The van der Waals surface area contributed by atoms with Crippen LogP contribution in [0.25, 0.3) is 0 Å². The van der Waals surface area contributed by atoms with Gasteiger partial charge in [0.05, 0.1) is 5.69 Å². The maximum absolute atomic E-state index is 13.0. The summed E-state index contributed by atoms with van der Waals surface area (Å²) in [7, 11) is 0. The average Bonchev–Trinajstić information content (AvgIpc) is 3.05. The van der Waals surface area contributed by atoms with E-state index in [1.54, 1.807) is 0 Å². The summed E-state index contributed by atoms with van der Waals surface area (Å²) in [6.07, 6.45) is 7.89. The molecule has 1 saturated heterocycles. The number of aryl methyl sites for hydroxylation is 3. The second-order valence-electron chi connectivity index (χ2n) is 10.3. The Morgan fingerprint density at radius 2 is 1.88 bits per heavy atom. The van der Waals surface area contributed by atoms with Crippen LogP contribution in [0.5, 0.6) is 0 Å². The average molecular weight is 446 g/mol. The summed E-state index contributed by atoms with van der Waals surface area (Å²) in [5, 5.41) is 7.60. The van der Waals surface area contributed by atoms with Crippen LogP contribution in [0.4, 0.5) is 0 Å². The van der Waals surface area contributed by atoms with Crippen LogP contribution in [0.3, 0.4) is 0 Å². The molecule has 3 rings (SSSR count). The normalized spacial score (nSPS) is 20.9. The van der Waals surface area contributed by atoms with Gasteiger partial charge in [0, 0.05) is 63.3 Å². The second kappa shape index (κ2) is 11.3. The van der Waals surface area contributed by atoms with Gasteiger partial charge in [-0.25, -0.2) is 0 Å². The SMILES string of the molecule is Cc1cc(C)n(CCC(=O)N2CCCN(CC(C)C)C3(CCCCC3)CC(=O)NCC2)n1. The molecular formula is C25H43N5O2. The molecule has 180 valence electrons. The molecule has 2 heterocycles. The molecule has 1 N–H and O–H groups in total. The van der Waals surface area contributed by atoms with E-state index in [0.29, 0.717) is 38.4 Å². The lowest BCUT2D eigenvalue weighted by molar-refractivity contribution is -0.132. The molecule has 7 heteroatoms.